The molecular weight excluding hydrogens is 168 g/mol. The number of hydrogen-bond acceptors (Lipinski definition) is 4. The van der Waals surface area contributed by atoms with Crippen LogP contribution in [0.15, 0.2) is 0 Å². The smallest absolute Gasteiger partial charge is 0.157 e. The zero-order chi connectivity index (χ0) is 9.26. The predicted octanol–water partition coefficient (Wildman–Crippen LogP) is -0.192. The van der Waals surface area contributed by atoms with Crippen molar-refractivity contribution in [1.82, 2.24) is 15.2 Å². The van der Waals surface area contributed by atoms with Crippen LogP contribution >= 0.6 is 0 Å². The first-order valence-electron chi connectivity index (χ1n) is 4.55. The summed E-state index contributed by atoms with van der Waals surface area (Å²) in [6.07, 6.45) is 0.871. The average molecular weight is 182 g/mol. The third-order valence-electron chi connectivity index (χ3n) is 2.34. The molecule has 2 atom stereocenters. The summed E-state index contributed by atoms with van der Waals surface area (Å²) in [5.74, 6) is 1.87. The lowest BCUT2D eigenvalue weighted by Gasteiger charge is -2.07. The van der Waals surface area contributed by atoms with Crippen LogP contribution in [0.1, 0.15) is 24.5 Å². The quantitative estimate of drug-likeness (QED) is 0.664. The predicted molar refractivity (Wildman–Crippen MR) is 47.3 cm³/mol. The van der Waals surface area contributed by atoms with E-state index in [4.69, 9.17) is 10.5 Å². The molecule has 1 fully saturated rings. The molecule has 2 rings (SSSR count). The summed E-state index contributed by atoms with van der Waals surface area (Å²) in [5.41, 5.74) is 5.84. The number of aryl methyl sites for hydroxylation is 1. The molecule has 5 heteroatoms. The van der Waals surface area contributed by atoms with Crippen molar-refractivity contribution in [3.8, 4) is 0 Å². The Morgan fingerprint density at radius 1 is 1.62 bits per heavy atom. The minimum Gasteiger partial charge on any atom is -0.379 e. The Morgan fingerprint density at radius 3 is 3.00 bits per heavy atom. The molecule has 0 saturated carbocycles. The van der Waals surface area contributed by atoms with Gasteiger partial charge in [-0.25, -0.2) is 4.98 Å². The molecule has 3 N–H and O–H groups in total. The summed E-state index contributed by atoms with van der Waals surface area (Å²) >= 11 is 0. The molecule has 72 valence electrons. The summed E-state index contributed by atoms with van der Waals surface area (Å²) in [5, 5.41) is 7.00. The molecule has 0 unspecified atom stereocenters. The first kappa shape index (κ1) is 8.65. The Morgan fingerprint density at radius 2 is 2.46 bits per heavy atom. The van der Waals surface area contributed by atoms with E-state index < -0.39 is 0 Å². The van der Waals surface area contributed by atoms with E-state index in [1.807, 2.05) is 6.92 Å². The number of ether oxygens (including phenoxy) is 1. The maximum absolute atomic E-state index is 5.84. The number of nitrogens with one attached hydrogen (secondary N) is 1. The molecule has 1 aliphatic rings. The molecule has 0 bridgehead atoms. The number of H-pyrrole nitrogens is 1. The van der Waals surface area contributed by atoms with Gasteiger partial charge in [-0.15, -0.1) is 0 Å². The van der Waals surface area contributed by atoms with Gasteiger partial charge in [0.05, 0.1) is 19.1 Å². The van der Waals surface area contributed by atoms with E-state index in [9.17, 15) is 0 Å². The molecule has 0 amide bonds. The number of rotatable bonds is 2. The molecule has 1 aliphatic heterocycles. The van der Waals surface area contributed by atoms with Crippen LogP contribution in [0.2, 0.25) is 0 Å². The molecule has 2 heterocycles. The van der Waals surface area contributed by atoms with E-state index in [-0.39, 0.29) is 12.0 Å². The lowest BCUT2D eigenvalue weighted by Crippen LogP contribution is -2.27. The average Bonchev–Trinajstić information content (AvgIpc) is 2.71. The number of nitrogens with two attached hydrogens (primary N) is 1. The Kier molecular flexibility index (Phi) is 2.28. The van der Waals surface area contributed by atoms with Gasteiger partial charge in [-0.05, 0) is 0 Å². The van der Waals surface area contributed by atoms with Crippen molar-refractivity contribution in [2.45, 2.75) is 25.3 Å². The Balaban J connectivity index is 2.15. The third-order valence-corrected chi connectivity index (χ3v) is 2.34. The van der Waals surface area contributed by atoms with Crippen molar-refractivity contribution in [2.24, 2.45) is 5.73 Å². The monoisotopic (exact) mass is 182 g/mol. The van der Waals surface area contributed by atoms with Crippen molar-refractivity contribution in [3.63, 3.8) is 0 Å². The van der Waals surface area contributed by atoms with Crippen LogP contribution in [0.4, 0.5) is 0 Å². The highest BCUT2D eigenvalue weighted by atomic mass is 16.5. The van der Waals surface area contributed by atoms with Crippen LogP contribution in [-0.2, 0) is 11.2 Å². The van der Waals surface area contributed by atoms with Gasteiger partial charge in [-0.1, -0.05) is 6.92 Å². The SMILES string of the molecule is CCc1nc([C@@H]2COC[C@@H]2N)n[nH]1. The largest absolute Gasteiger partial charge is 0.379 e. The van der Waals surface area contributed by atoms with Crippen LogP contribution < -0.4 is 5.73 Å². The van der Waals surface area contributed by atoms with Gasteiger partial charge in [0, 0.05) is 12.5 Å². The summed E-state index contributed by atoms with van der Waals surface area (Å²) in [7, 11) is 0. The van der Waals surface area contributed by atoms with Gasteiger partial charge in [-0.3, -0.25) is 5.10 Å². The van der Waals surface area contributed by atoms with E-state index in [1.54, 1.807) is 0 Å². The van der Waals surface area contributed by atoms with Crippen LogP contribution in [0.5, 0.6) is 0 Å². The third kappa shape index (κ3) is 1.57. The van der Waals surface area contributed by atoms with Gasteiger partial charge in [0.2, 0.25) is 0 Å². The lowest BCUT2D eigenvalue weighted by molar-refractivity contribution is 0.190. The van der Waals surface area contributed by atoms with Gasteiger partial charge < -0.3 is 10.5 Å². The molecule has 1 aromatic heterocycles. The summed E-state index contributed by atoms with van der Waals surface area (Å²) in [6, 6.07) is 0.0421. The summed E-state index contributed by atoms with van der Waals surface area (Å²) < 4.78 is 5.25. The van der Waals surface area contributed by atoms with Crippen molar-refractivity contribution in [2.75, 3.05) is 13.2 Å². The van der Waals surface area contributed by atoms with Crippen LogP contribution in [0.25, 0.3) is 0 Å². The number of nitrogens with zero attached hydrogens (tertiary/aromatic N) is 2. The minimum atomic E-state index is 0.0421. The van der Waals surface area contributed by atoms with Crippen molar-refractivity contribution in [1.29, 1.82) is 0 Å². The normalized spacial score (nSPS) is 28.2. The number of aromatic amines is 1. The molecule has 0 radical (unpaired) electrons. The molecule has 0 aromatic carbocycles. The zero-order valence-electron chi connectivity index (χ0n) is 7.66. The zero-order valence-corrected chi connectivity index (χ0v) is 7.66. The van der Waals surface area contributed by atoms with Crippen molar-refractivity contribution >= 4 is 0 Å². The fourth-order valence-corrected chi connectivity index (χ4v) is 1.47. The second-order valence-corrected chi connectivity index (χ2v) is 3.30. The van der Waals surface area contributed by atoms with Crippen molar-refractivity contribution < 1.29 is 4.74 Å². The van der Waals surface area contributed by atoms with E-state index in [0.29, 0.717) is 13.2 Å². The highest BCUT2D eigenvalue weighted by Crippen LogP contribution is 2.20. The fourth-order valence-electron chi connectivity index (χ4n) is 1.47. The minimum absolute atomic E-state index is 0.0421. The van der Waals surface area contributed by atoms with Gasteiger partial charge in [0.25, 0.3) is 0 Å². The Hall–Kier alpha value is -0.940. The summed E-state index contributed by atoms with van der Waals surface area (Å²) in [6.45, 7) is 3.29. The van der Waals surface area contributed by atoms with Crippen LogP contribution in [-0.4, -0.2) is 34.4 Å². The Bertz CT molecular complexity index is 285. The van der Waals surface area contributed by atoms with Crippen LogP contribution in [0.3, 0.4) is 0 Å². The highest BCUT2D eigenvalue weighted by molar-refractivity contribution is 5.04. The maximum atomic E-state index is 5.84. The van der Waals surface area contributed by atoms with E-state index in [2.05, 4.69) is 15.2 Å². The standard InChI is InChI=1S/C8H14N4O/c1-2-7-10-8(12-11-7)5-3-13-4-6(5)9/h5-6H,2-4,9H2,1H3,(H,10,11,12)/t5-,6+/m1/s1. The first-order valence-corrected chi connectivity index (χ1v) is 4.55. The topological polar surface area (TPSA) is 76.8 Å². The second-order valence-electron chi connectivity index (χ2n) is 3.30. The maximum Gasteiger partial charge on any atom is 0.157 e. The van der Waals surface area contributed by atoms with Gasteiger partial charge in [-0.2, -0.15) is 5.10 Å². The molecule has 0 spiro atoms. The van der Waals surface area contributed by atoms with Gasteiger partial charge in [0.1, 0.15) is 5.82 Å². The first-order chi connectivity index (χ1) is 6.31. The molecule has 13 heavy (non-hydrogen) atoms. The number of aromatic nitrogens is 3. The van der Waals surface area contributed by atoms with Crippen molar-refractivity contribution in [3.05, 3.63) is 11.6 Å². The van der Waals surface area contributed by atoms with Gasteiger partial charge >= 0.3 is 0 Å². The van der Waals surface area contributed by atoms with E-state index in [1.165, 1.54) is 0 Å². The van der Waals surface area contributed by atoms with Gasteiger partial charge in [0.15, 0.2) is 5.82 Å². The van der Waals surface area contributed by atoms with Crippen LogP contribution in [0, 0.1) is 0 Å². The highest BCUT2D eigenvalue weighted by Gasteiger charge is 2.29. The molecule has 1 aromatic rings. The summed E-state index contributed by atoms with van der Waals surface area (Å²) in [4.78, 5) is 4.33. The second kappa shape index (κ2) is 3.43. The fraction of sp³-hybridized carbons (Fsp3) is 0.750. The molecule has 0 aliphatic carbocycles. The van der Waals surface area contributed by atoms with E-state index >= 15 is 0 Å². The number of hydrogen-bond donors (Lipinski definition) is 2. The molecule has 1 saturated heterocycles. The molecular formula is C8H14N4O. The molecule has 5 nitrogen and oxygen atoms in total. The Labute approximate surface area is 76.7 Å². The lowest BCUT2D eigenvalue weighted by atomic mass is 10.0. The van der Waals surface area contributed by atoms with E-state index in [0.717, 1.165) is 18.1 Å².